The van der Waals surface area contributed by atoms with Crippen LogP contribution in [0, 0.1) is 23.7 Å². The van der Waals surface area contributed by atoms with Gasteiger partial charge in [-0.15, -0.1) is 0 Å². The number of rotatable bonds is 10. The molecule has 4 amide bonds. The molecule has 4 aliphatic rings. The number of fused-ring (bicyclic) bond motifs is 4. The molecule has 0 bridgehead atoms. The molecule has 3 fully saturated rings. The Labute approximate surface area is 358 Å². The molecule has 2 aliphatic carbocycles. The second-order valence-corrected chi connectivity index (χ2v) is 16.2. The van der Waals surface area contributed by atoms with Gasteiger partial charge in [-0.3, -0.25) is 24.1 Å². The number of amides is 4. The van der Waals surface area contributed by atoms with E-state index in [2.05, 4.69) is 0 Å². The lowest BCUT2D eigenvalue weighted by atomic mass is 9.49. The van der Waals surface area contributed by atoms with Crippen LogP contribution in [0.5, 0.6) is 23.0 Å². The highest BCUT2D eigenvalue weighted by molar-refractivity contribution is 6.32. The van der Waals surface area contributed by atoms with Crippen molar-refractivity contribution in [3.05, 3.63) is 154 Å². The minimum atomic E-state index is -1.46. The third-order valence-corrected chi connectivity index (χ3v) is 13.1. The summed E-state index contributed by atoms with van der Waals surface area (Å²) >= 11 is 6.45. The van der Waals surface area contributed by atoms with Crippen LogP contribution in [0.2, 0.25) is 5.02 Å². The summed E-state index contributed by atoms with van der Waals surface area (Å²) < 4.78 is 16.8. The van der Waals surface area contributed by atoms with Crippen LogP contribution in [-0.4, -0.2) is 49.6 Å². The lowest BCUT2D eigenvalue weighted by Gasteiger charge is -2.50. The van der Waals surface area contributed by atoms with Crippen molar-refractivity contribution in [2.24, 2.45) is 23.7 Å². The molecule has 0 spiro atoms. The van der Waals surface area contributed by atoms with Crippen molar-refractivity contribution < 1.29 is 38.5 Å². The third-order valence-electron chi connectivity index (χ3n) is 12.8. The number of halogens is 1. The molecule has 2 aliphatic heterocycles. The second-order valence-electron chi connectivity index (χ2n) is 15.8. The number of carbonyl (C=O) groups excluding carboxylic acids is 4. The van der Waals surface area contributed by atoms with E-state index in [9.17, 15) is 14.7 Å². The molecule has 1 N–H and O–H groups in total. The molecule has 5 aromatic carbocycles. The summed E-state index contributed by atoms with van der Waals surface area (Å²) in [6, 6.07) is 33.8. The molecule has 6 atom stereocenters. The van der Waals surface area contributed by atoms with Crippen LogP contribution in [0.1, 0.15) is 47.9 Å². The first kappa shape index (κ1) is 39.8. The van der Waals surface area contributed by atoms with Gasteiger partial charge >= 0.3 is 0 Å². The zero-order valence-corrected chi connectivity index (χ0v) is 34.5. The summed E-state index contributed by atoms with van der Waals surface area (Å²) in [5.74, 6) is -3.63. The molecule has 0 aromatic heterocycles. The van der Waals surface area contributed by atoms with Gasteiger partial charge in [0.05, 0.1) is 55.4 Å². The number of methoxy groups -OCH3 is 2. The highest BCUT2D eigenvalue weighted by Gasteiger charge is 2.70. The Balaban J connectivity index is 1.13. The number of phenols is 1. The van der Waals surface area contributed by atoms with Crippen molar-refractivity contribution in [2.75, 3.05) is 30.6 Å². The fourth-order valence-electron chi connectivity index (χ4n) is 10.2. The number of nitrogens with zero attached hydrogens (tertiary/aromatic N) is 2. The second kappa shape index (κ2) is 15.7. The number of benzene rings is 5. The fourth-order valence-corrected chi connectivity index (χ4v) is 10.4. The standard InChI is InChI=1S/C50H43ClN2O8/c1-4-61-43-26-31(17-23-41(43)54)45-37-21-22-38-44(48(57)52(46(38)55)34-18-14-29(15-19-34)13-16-30-25-36(59-2)20-24-42(30)60-3)39(37)28-40-47(56)53(35-12-8-11-33(51)27-35)49(58)50(40,45)32-9-6-5-7-10-32/h5-21,23-27,38-40,44-45,54H,4,22,28H2,1-3H3/t38-,39+,40-,44-,45-,50+/m0/s1. The predicted molar refractivity (Wildman–Crippen MR) is 233 cm³/mol. The molecular weight excluding hydrogens is 792 g/mol. The van der Waals surface area contributed by atoms with E-state index in [1.807, 2.05) is 85.8 Å². The fraction of sp³-hybridized carbons (Fsp3) is 0.240. The topological polar surface area (TPSA) is 123 Å². The van der Waals surface area contributed by atoms with Gasteiger partial charge < -0.3 is 19.3 Å². The SMILES string of the molecule is CCOc1cc([C@H]2C3=CC[C@@H]4C(=O)N(c5ccc(C=Cc6cc(OC)ccc6OC)cc5)C(=O)[C@@H]4[C@@H]3C[C@H]3C(=O)N(c4cccc(Cl)c4)C(=O)[C@@]23c2ccccc2)ccc1O. The number of anilines is 2. The number of allylic oxidation sites excluding steroid dienone is 2. The summed E-state index contributed by atoms with van der Waals surface area (Å²) in [6.45, 7) is 2.10. The van der Waals surface area contributed by atoms with Crippen LogP contribution in [0.3, 0.4) is 0 Å². The van der Waals surface area contributed by atoms with Crippen LogP contribution in [0.15, 0.2) is 127 Å². The van der Waals surface area contributed by atoms with Crippen LogP contribution >= 0.6 is 11.6 Å². The molecular formula is C50H43ClN2O8. The molecule has 10 nitrogen and oxygen atoms in total. The summed E-state index contributed by atoms with van der Waals surface area (Å²) in [4.78, 5) is 62.4. The highest BCUT2D eigenvalue weighted by Crippen LogP contribution is 2.65. The van der Waals surface area contributed by atoms with Gasteiger partial charge in [0.15, 0.2) is 11.5 Å². The van der Waals surface area contributed by atoms with Gasteiger partial charge in [0.2, 0.25) is 23.6 Å². The minimum Gasteiger partial charge on any atom is -0.504 e. The summed E-state index contributed by atoms with van der Waals surface area (Å²) in [5, 5.41) is 11.2. The molecule has 11 heteroatoms. The van der Waals surface area contributed by atoms with E-state index >= 15 is 9.59 Å². The van der Waals surface area contributed by atoms with Crippen molar-refractivity contribution in [1.82, 2.24) is 0 Å². The molecule has 1 saturated carbocycles. The monoisotopic (exact) mass is 834 g/mol. The van der Waals surface area contributed by atoms with E-state index in [0.717, 1.165) is 16.7 Å². The van der Waals surface area contributed by atoms with E-state index in [0.29, 0.717) is 39.0 Å². The largest absolute Gasteiger partial charge is 0.504 e. The molecule has 0 unspecified atom stereocenters. The Hall–Kier alpha value is -6.65. The molecule has 61 heavy (non-hydrogen) atoms. The number of phenolic OH excluding ortho intramolecular Hbond substituents is 1. The first-order valence-electron chi connectivity index (χ1n) is 20.3. The van der Waals surface area contributed by atoms with Crippen molar-refractivity contribution in [3.8, 4) is 23.0 Å². The lowest BCUT2D eigenvalue weighted by molar-refractivity contribution is -0.127. The average molecular weight is 835 g/mol. The van der Waals surface area contributed by atoms with Crippen LogP contribution in [-0.2, 0) is 24.6 Å². The summed E-state index contributed by atoms with van der Waals surface area (Å²) in [5.41, 5.74) is 3.10. The van der Waals surface area contributed by atoms with E-state index in [4.69, 9.17) is 25.8 Å². The zero-order valence-electron chi connectivity index (χ0n) is 33.8. The van der Waals surface area contributed by atoms with Crippen LogP contribution in [0.25, 0.3) is 12.2 Å². The Morgan fingerprint density at radius 2 is 1.54 bits per heavy atom. The number of aromatic hydroxyl groups is 1. The van der Waals surface area contributed by atoms with Gasteiger partial charge in [-0.25, -0.2) is 4.90 Å². The predicted octanol–water partition coefficient (Wildman–Crippen LogP) is 9.00. The van der Waals surface area contributed by atoms with Gasteiger partial charge in [-0.05, 0) is 103 Å². The number of hydrogen-bond donors (Lipinski definition) is 1. The van der Waals surface area contributed by atoms with Gasteiger partial charge in [0.25, 0.3) is 0 Å². The molecule has 308 valence electrons. The number of carbonyl (C=O) groups is 4. The molecule has 2 heterocycles. The van der Waals surface area contributed by atoms with Crippen molar-refractivity contribution in [1.29, 1.82) is 0 Å². The van der Waals surface area contributed by atoms with E-state index in [1.165, 1.54) is 15.9 Å². The normalized spacial score (nSPS) is 24.4. The maximum absolute atomic E-state index is 15.5. The molecule has 9 rings (SSSR count). The smallest absolute Gasteiger partial charge is 0.246 e. The number of hydrogen-bond acceptors (Lipinski definition) is 8. The van der Waals surface area contributed by atoms with Gasteiger partial charge in [0.1, 0.15) is 11.5 Å². The lowest BCUT2D eigenvalue weighted by Crippen LogP contribution is -2.53. The Bertz CT molecular complexity index is 2640. The van der Waals surface area contributed by atoms with Crippen LogP contribution in [0.4, 0.5) is 11.4 Å². The summed E-state index contributed by atoms with van der Waals surface area (Å²) in [6.07, 6.45) is 6.26. The first-order chi connectivity index (χ1) is 29.6. The Morgan fingerprint density at radius 3 is 2.26 bits per heavy atom. The van der Waals surface area contributed by atoms with Crippen LogP contribution < -0.4 is 24.0 Å². The van der Waals surface area contributed by atoms with Crippen molar-refractivity contribution in [3.63, 3.8) is 0 Å². The third kappa shape index (κ3) is 6.39. The van der Waals surface area contributed by atoms with Crippen molar-refractivity contribution in [2.45, 2.75) is 31.1 Å². The van der Waals surface area contributed by atoms with Gasteiger partial charge in [-0.1, -0.05) is 90.0 Å². The Morgan fingerprint density at radius 1 is 0.754 bits per heavy atom. The first-order valence-corrected chi connectivity index (χ1v) is 20.7. The number of ether oxygens (including phenoxy) is 3. The quantitative estimate of drug-likeness (QED) is 0.0841. The van der Waals surface area contributed by atoms with Gasteiger partial charge in [0, 0.05) is 16.5 Å². The maximum atomic E-state index is 15.5. The molecule has 5 aromatic rings. The highest BCUT2D eigenvalue weighted by atomic mass is 35.5. The maximum Gasteiger partial charge on any atom is 0.246 e. The molecule has 2 saturated heterocycles. The van der Waals surface area contributed by atoms with E-state index in [-0.39, 0.29) is 42.8 Å². The van der Waals surface area contributed by atoms with E-state index in [1.54, 1.807) is 62.8 Å². The number of imide groups is 2. The zero-order chi connectivity index (χ0) is 42.6. The van der Waals surface area contributed by atoms with E-state index < -0.39 is 46.8 Å². The van der Waals surface area contributed by atoms with Gasteiger partial charge in [-0.2, -0.15) is 0 Å². The Kier molecular flexibility index (Phi) is 10.3. The van der Waals surface area contributed by atoms with Crippen molar-refractivity contribution >= 4 is 58.8 Å². The summed E-state index contributed by atoms with van der Waals surface area (Å²) in [7, 11) is 3.21. The minimum absolute atomic E-state index is 0.0657. The average Bonchev–Trinajstić information content (AvgIpc) is 3.67. The molecule has 0 radical (unpaired) electrons.